The number of ether oxygens (including phenoxy) is 3. The van der Waals surface area contributed by atoms with Gasteiger partial charge in [0, 0.05) is 12.6 Å². The zero-order chi connectivity index (χ0) is 26.0. The van der Waals surface area contributed by atoms with Crippen molar-refractivity contribution in [3.8, 4) is 11.5 Å². The van der Waals surface area contributed by atoms with Gasteiger partial charge in [0.05, 0.1) is 0 Å². The van der Waals surface area contributed by atoms with E-state index in [1.54, 1.807) is 0 Å². The lowest BCUT2D eigenvalue weighted by molar-refractivity contribution is 0.0497. The average Bonchev–Trinajstić information content (AvgIpc) is 2.81. The van der Waals surface area contributed by atoms with Crippen molar-refractivity contribution < 1.29 is 19.0 Å². The summed E-state index contributed by atoms with van der Waals surface area (Å²) in [6, 6.07) is 25.9. The third-order valence-electron chi connectivity index (χ3n) is 5.27. The lowest BCUT2D eigenvalue weighted by Crippen LogP contribution is -2.45. The van der Waals surface area contributed by atoms with Crippen LogP contribution in [0.15, 0.2) is 78.9 Å². The molecular weight excluding hydrogens is 452 g/mol. The Labute approximate surface area is 215 Å². The van der Waals surface area contributed by atoms with Crippen LogP contribution in [0.5, 0.6) is 11.5 Å². The molecule has 1 N–H and O–H groups in total. The highest BCUT2D eigenvalue weighted by molar-refractivity contribution is 5.68. The summed E-state index contributed by atoms with van der Waals surface area (Å²) < 4.78 is 17.8. The zero-order valence-electron chi connectivity index (χ0n) is 22.0. The van der Waals surface area contributed by atoms with Crippen molar-refractivity contribution in [1.29, 1.82) is 0 Å². The van der Waals surface area contributed by atoms with Gasteiger partial charge in [0.25, 0.3) is 0 Å². The van der Waals surface area contributed by atoms with E-state index < -0.39 is 11.7 Å². The van der Waals surface area contributed by atoms with Gasteiger partial charge in [-0.25, -0.2) is 4.79 Å². The smallest absolute Gasteiger partial charge is 0.407 e. The Bertz CT molecular complexity index is 1080. The van der Waals surface area contributed by atoms with Gasteiger partial charge < -0.3 is 24.4 Å². The van der Waals surface area contributed by atoms with Gasteiger partial charge in [-0.05, 0) is 70.1 Å². The van der Waals surface area contributed by atoms with Gasteiger partial charge in [0.2, 0.25) is 0 Å². The minimum atomic E-state index is -0.553. The third-order valence-corrected chi connectivity index (χ3v) is 5.27. The Morgan fingerprint density at radius 1 is 0.806 bits per heavy atom. The molecule has 36 heavy (non-hydrogen) atoms. The summed E-state index contributed by atoms with van der Waals surface area (Å²) >= 11 is 0. The number of amides is 1. The van der Waals surface area contributed by atoms with E-state index >= 15 is 0 Å². The van der Waals surface area contributed by atoms with Crippen LogP contribution >= 0.6 is 0 Å². The highest BCUT2D eigenvalue weighted by Gasteiger charge is 2.21. The predicted octanol–water partition coefficient (Wildman–Crippen LogP) is 5.84. The van der Waals surface area contributed by atoms with Gasteiger partial charge in [-0.3, -0.25) is 0 Å². The van der Waals surface area contributed by atoms with Crippen LogP contribution in [-0.2, 0) is 24.4 Å². The van der Waals surface area contributed by atoms with Gasteiger partial charge in [0.15, 0.2) is 11.5 Å². The number of carbonyl (C=O) groups excluding carboxylic acids is 1. The number of rotatable bonds is 11. The maximum Gasteiger partial charge on any atom is 0.407 e. The number of benzene rings is 3. The van der Waals surface area contributed by atoms with Gasteiger partial charge in [0.1, 0.15) is 18.8 Å². The molecule has 0 fully saturated rings. The van der Waals surface area contributed by atoms with Crippen molar-refractivity contribution in [2.75, 3.05) is 20.6 Å². The lowest BCUT2D eigenvalue weighted by atomic mass is 10.0. The van der Waals surface area contributed by atoms with Crippen LogP contribution in [0.1, 0.15) is 37.5 Å². The molecule has 3 aromatic carbocycles. The van der Waals surface area contributed by atoms with Crippen molar-refractivity contribution in [3.05, 3.63) is 95.6 Å². The first-order valence-electron chi connectivity index (χ1n) is 12.3. The van der Waals surface area contributed by atoms with Crippen LogP contribution in [0, 0.1) is 0 Å². The van der Waals surface area contributed by atoms with E-state index in [0.717, 1.165) is 16.7 Å². The summed E-state index contributed by atoms with van der Waals surface area (Å²) in [5.41, 5.74) is 2.65. The molecule has 0 radical (unpaired) electrons. The van der Waals surface area contributed by atoms with E-state index in [0.29, 0.717) is 37.7 Å². The van der Waals surface area contributed by atoms with Crippen LogP contribution in [-0.4, -0.2) is 43.3 Å². The Morgan fingerprint density at radius 3 is 1.89 bits per heavy atom. The molecule has 0 heterocycles. The van der Waals surface area contributed by atoms with Gasteiger partial charge in [-0.15, -0.1) is 0 Å². The topological polar surface area (TPSA) is 60.0 Å². The number of nitrogens with one attached hydrogen (secondary N) is 1. The Kier molecular flexibility index (Phi) is 9.77. The molecule has 6 nitrogen and oxygen atoms in total. The Hall–Kier alpha value is -3.51. The Balaban J connectivity index is 1.77. The summed E-state index contributed by atoms with van der Waals surface area (Å²) in [4.78, 5) is 14.5. The van der Waals surface area contributed by atoms with E-state index in [2.05, 4.69) is 5.32 Å². The van der Waals surface area contributed by atoms with Crippen LogP contribution < -0.4 is 14.8 Å². The normalized spacial score (nSPS) is 12.2. The first-order chi connectivity index (χ1) is 17.2. The van der Waals surface area contributed by atoms with E-state index in [9.17, 15) is 4.79 Å². The van der Waals surface area contributed by atoms with Crippen LogP contribution in [0.25, 0.3) is 0 Å². The first-order valence-corrected chi connectivity index (χ1v) is 12.3. The van der Waals surface area contributed by atoms with Crippen molar-refractivity contribution in [2.45, 2.75) is 52.0 Å². The highest BCUT2D eigenvalue weighted by atomic mass is 16.6. The molecule has 0 saturated heterocycles. The second-order valence-corrected chi connectivity index (χ2v) is 10.1. The molecule has 3 rings (SSSR count). The predicted molar refractivity (Wildman–Crippen MR) is 143 cm³/mol. The average molecular weight is 491 g/mol. The number of nitrogens with zero attached hydrogens (tertiary/aromatic N) is 1. The maximum absolute atomic E-state index is 12.4. The fourth-order valence-corrected chi connectivity index (χ4v) is 3.74. The summed E-state index contributed by atoms with van der Waals surface area (Å²) in [6.45, 7) is 7.13. The third kappa shape index (κ3) is 9.62. The van der Waals surface area contributed by atoms with Gasteiger partial charge in [-0.2, -0.15) is 0 Å². The fourth-order valence-electron chi connectivity index (χ4n) is 3.74. The molecule has 1 atom stereocenters. The van der Waals surface area contributed by atoms with Crippen LogP contribution in [0.3, 0.4) is 0 Å². The molecule has 0 spiro atoms. The summed E-state index contributed by atoms with van der Waals surface area (Å²) in [5.74, 6) is 1.36. The molecular formula is C30H38N2O4. The molecule has 192 valence electrons. The molecule has 0 aliphatic carbocycles. The SMILES string of the molecule is CN(C)C[C@H](Cc1ccc(OCc2ccccc2)c(OCc2ccccc2)c1)NC(=O)OC(C)(C)C. The Morgan fingerprint density at radius 2 is 1.36 bits per heavy atom. The molecule has 6 heteroatoms. The molecule has 0 aromatic heterocycles. The molecule has 0 aliphatic rings. The molecule has 0 unspecified atom stereocenters. The van der Waals surface area contributed by atoms with Gasteiger partial charge in [-0.1, -0.05) is 66.7 Å². The monoisotopic (exact) mass is 490 g/mol. The molecule has 0 aliphatic heterocycles. The fraction of sp³-hybridized carbons (Fsp3) is 0.367. The summed E-state index contributed by atoms with van der Waals surface area (Å²) in [6.07, 6.45) is 0.204. The summed E-state index contributed by atoms with van der Waals surface area (Å²) in [5, 5.41) is 3.02. The summed E-state index contributed by atoms with van der Waals surface area (Å²) in [7, 11) is 3.97. The molecule has 1 amide bonds. The van der Waals surface area contributed by atoms with E-state index in [-0.39, 0.29) is 6.04 Å². The van der Waals surface area contributed by atoms with Crippen LogP contribution in [0.4, 0.5) is 4.79 Å². The largest absolute Gasteiger partial charge is 0.485 e. The minimum absolute atomic E-state index is 0.132. The number of hydrogen-bond acceptors (Lipinski definition) is 5. The molecule has 0 bridgehead atoms. The van der Waals surface area contributed by atoms with E-state index in [4.69, 9.17) is 14.2 Å². The second kappa shape index (κ2) is 13.0. The molecule has 3 aromatic rings. The maximum atomic E-state index is 12.4. The molecule has 0 saturated carbocycles. The van der Waals surface area contributed by atoms with Crippen molar-refractivity contribution >= 4 is 6.09 Å². The lowest BCUT2D eigenvalue weighted by Gasteiger charge is -2.26. The first kappa shape index (κ1) is 27.1. The van der Waals surface area contributed by atoms with E-state index in [1.165, 1.54) is 0 Å². The van der Waals surface area contributed by atoms with Gasteiger partial charge >= 0.3 is 6.09 Å². The van der Waals surface area contributed by atoms with Crippen molar-refractivity contribution in [3.63, 3.8) is 0 Å². The van der Waals surface area contributed by atoms with Crippen LogP contribution in [0.2, 0.25) is 0 Å². The second-order valence-electron chi connectivity index (χ2n) is 10.1. The van der Waals surface area contributed by atoms with Crippen molar-refractivity contribution in [1.82, 2.24) is 10.2 Å². The zero-order valence-corrected chi connectivity index (χ0v) is 22.0. The quantitative estimate of drug-likeness (QED) is 0.366. The number of alkyl carbamates (subject to hydrolysis) is 1. The number of hydrogen-bond donors (Lipinski definition) is 1. The minimum Gasteiger partial charge on any atom is -0.485 e. The highest BCUT2D eigenvalue weighted by Crippen LogP contribution is 2.30. The standard InChI is InChI=1S/C30H38N2O4/c1-30(2,3)36-29(33)31-26(20-32(4)5)18-25-16-17-27(34-21-23-12-8-6-9-13-23)28(19-25)35-22-24-14-10-7-11-15-24/h6-17,19,26H,18,20-22H2,1-5H3,(H,31,33)/t26-/m0/s1. The number of carbonyl (C=O) groups is 1. The van der Waals surface area contributed by atoms with Crippen molar-refractivity contribution in [2.24, 2.45) is 0 Å². The number of likely N-dealkylation sites (N-methyl/N-ethyl adjacent to an activating group) is 1. The van der Waals surface area contributed by atoms with E-state index in [1.807, 2.05) is 119 Å².